The molecule has 0 saturated carbocycles. The number of amides is 3. The molecule has 3 aromatic heterocycles. The number of nitrogens with zero attached hydrogens (tertiary/aromatic N) is 3. The molecule has 0 bridgehead atoms. The molecule has 0 aliphatic heterocycles. The molecule has 29 heavy (non-hydrogen) atoms. The Morgan fingerprint density at radius 2 is 2.03 bits per heavy atom. The van der Waals surface area contributed by atoms with Gasteiger partial charge in [0.25, 0.3) is 5.91 Å². The number of rotatable bonds is 6. The van der Waals surface area contributed by atoms with E-state index >= 15 is 0 Å². The average Bonchev–Trinajstić information content (AvgIpc) is 3.33. The number of esters is 1. The van der Waals surface area contributed by atoms with Crippen molar-refractivity contribution in [1.29, 1.82) is 0 Å². The highest BCUT2D eigenvalue weighted by Crippen LogP contribution is 2.10. The van der Waals surface area contributed by atoms with Gasteiger partial charge < -0.3 is 14.5 Å². The summed E-state index contributed by atoms with van der Waals surface area (Å²) in [7, 11) is 0. The standard InChI is InChI=1S/C19H19N5O5/c1-12-8-13(2)24(23-12)16-6-5-14(9-20-16)18(26)29-11-17(25)22-19(27)21-10-15-4-3-7-28-15/h3-9H,10-11H2,1-2H3,(H2,21,22,25,27). The third kappa shape index (κ3) is 5.28. The van der Waals surface area contributed by atoms with E-state index in [4.69, 9.17) is 9.15 Å². The van der Waals surface area contributed by atoms with Crippen LogP contribution in [0.5, 0.6) is 0 Å². The van der Waals surface area contributed by atoms with E-state index in [9.17, 15) is 14.4 Å². The lowest BCUT2D eigenvalue weighted by molar-refractivity contribution is -0.123. The molecule has 0 aromatic carbocycles. The molecule has 2 N–H and O–H groups in total. The fourth-order valence-corrected chi connectivity index (χ4v) is 2.49. The highest BCUT2D eigenvalue weighted by Gasteiger charge is 2.14. The van der Waals surface area contributed by atoms with E-state index in [1.54, 1.807) is 22.9 Å². The second-order valence-corrected chi connectivity index (χ2v) is 6.13. The van der Waals surface area contributed by atoms with E-state index in [1.807, 2.05) is 19.9 Å². The number of carbonyl (C=O) groups excluding carboxylic acids is 3. The third-order valence-electron chi connectivity index (χ3n) is 3.80. The molecular weight excluding hydrogens is 378 g/mol. The lowest BCUT2D eigenvalue weighted by Gasteiger charge is -2.07. The first-order valence-corrected chi connectivity index (χ1v) is 8.69. The largest absolute Gasteiger partial charge is 0.467 e. The minimum absolute atomic E-state index is 0.124. The second-order valence-electron chi connectivity index (χ2n) is 6.13. The molecule has 0 aliphatic carbocycles. The summed E-state index contributed by atoms with van der Waals surface area (Å²) in [6, 6.07) is 7.69. The van der Waals surface area contributed by atoms with Crippen LogP contribution in [0.4, 0.5) is 4.79 Å². The number of nitrogens with one attached hydrogen (secondary N) is 2. The van der Waals surface area contributed by atoms with Gasteiger partial charge in [-0.2, -0.15) is 5.10 Å². The number of imide groups is 1. The van der Waals surface area contributed by atoms with Gasteiger partial charge in [-0.1, -0.05) is 0 Å². The minimum Gasteiger partial charge on any atom is -0.467 e. The topological polar surface area (TPSA) is 128 Å². The Kier molecular flexibility index (Phi) is 6.03. The Balaban J connectivity index is 1.46. The summed E-state index contributed by atoms with van der Waals surface area (Å²) in [6.07, 6.45) is 2.81. The number of furan rings is 1. The highest BCUT2D eigenvalue weighted by molar-refractivity contribution is 5.96. The number of aromatic nitrogens is 3. The van der Waals surface area contributed by atoms with Gasteiger partial charge in [-0.15, -0.1) is 0 Å². The lowest BCUT2D eigenvalue weighted by atomic mass is 10.3. The molecule has 3 amide bonds. The van der Waals surface area contributed by atoms with E-state index in [1.165, 1.54) is 18.5 Å². The molecule has 0 saturated heterocycles. The van der Waals surface area contributed by atoms with Crippen LogP contribution in [0.3, 0.4) is 0 Å². The number of hydrogen-bond acceptors (Lipinski definition) is 7. The van der Waals surface area contributed by atoms with Crippen LogP contribution in [0, 0.1) is 13.8 Å². The molecule has 10 heteroatoms. The van der Waals surface area contributed by atoms with Crippen molar-refractivity contribution in [3.05, 3.63) is 65.5 Å². The minimum atomic E-state index is -0.762. The van der Waals surface area contributed by atoms with Gasteiger partial charge in [0.1, 0.15) is 5.76 Å². The first-order chi connectivity index (χ1) is 13.9. The summed E-state index contributed by atoms with van der Waals surface area (Å²) in [4.78, 5) is 39.6. The van der Waals surface area contributed by atoms with Crippen LogP contribution in [0.1, 0.15) is 27.5 Å². The third-order valence-corrected chi connectivity index (χ3v) is 3.80. The Hall–Kier alpha value is -3.95. The molecule has 0 unspecified atom stereocenters. The Morgan fingerprint density at radius 1 is 1.21 bits per heavy atom. The molecule has 0 atom stereocenters. The number of ether oxygens (including phenoxy) is 1. The maximum atomic E-state index is 12.1. The van der Waals surface area contributed by atoms with Crippen LogP contribution >= 0.6 is 0 Å². The Morgan fingerprint density at radius 3 is 2.66 bits per heavy atom. The van der Waals surface area contributed by atoms with Crippen molar-refractivity contribution in [3.63, 3.8) is 0 Å². The van der Waals surface area contributed by atoms with E-state index in [2.05, 4.69) is 20.7 Å². The predicted molar refractivity (Wildman–Crippen MR) is 100 cm³/mol. The first-order valence-electron chi connectivity index (χ1n) is 8.69. The summed E-state index contributed by atoms with van der Waals surface area (Å²) < 4.78 is 11.6. The zero-order valence-corrected chi connectivity index (χ0v) is 15.8. The number of pyridine rings is 1. The molecule has 150 valence electrons. The molecule has 3 aromatic rings. The summed E-state index contributed by atoms with van der Waals surface area (Å²) in [5.74, 6) is -0.403. The van der Waals surface area contributed by atoms with Gasteiger partial charge in [0, 0.05) is 11.9 Å². The molecular formula is C19H19N5O5. The Labute approximate surface area is 165 Å². The maximum Gasteiger partial charge on any atom is 0.340 e. The van der Waals surface area contributed by atoms with E-state index in [0.717, 1.165) is 11.4 Å². The monoisotopic (exact) mass is 397 g/mol. The van der Waals surface area contributed by atoms with Gasteiger partial charge >= 0.3 is 12.0 Å². The first kappa shape index (κ1) is 19.8. The molecule has 3 heterocycles. The Bertz CT molecular complexity index is 1010. The van der Waals surface area contributed by atoms with Crippen molar-refractivity contribution in [2.75, 3.05) is 6.61 Å². The van der Waals surface area contributed by atoms with Gasteiger partial charge in [0.15, 0.2) is 12.4 Å². The number of aryl methyl sites for hydroxylation is 2. The van der Waals surface area contributed by atoms with Crippen LogP contribution < -0.4 is 10.6 Å². The average molecular weight is 397 g/mol. The molecule has 0 fully saturated rings. The normalized spacial score (nSPS) is 10.4. The van der Waals surface area contributed by atoms with Gasteiger partial charge in [-0.05, 0) is 44.2 Å². The van der Waals surface area contributed by atoms with Crippen LogP contribution in [-0.2, 0) is 16.1 Å². The van der Waals surface area contributed by atoms with Crippen molar-refractivity contribution in [2.45, 2.75) is 20.4 Å². The maximum absolute atomic E-state index is 12.1. The fraction of sp³-hybridized carbons (Fsp3) is 0.211. The zero-order valence-electron chi connectivity index (χ0n) is 15.8. The van der Waals surface area contributed by atoms with E-state index in [-0.39, 0.29) is 12.1 Å². The fourth-order valence-electron chi connectivity index (χ4n) is 2.49. The number of hydrogen-bond donors (Lipinski definition) is 2. The van der Waals surface area contributed by atoms with E-state index < -0.39 is 24.5 Å². The summed E-state index contributed by atoms with van der Waals surface area (Å²) in [6.45, 7) is 3.29. The van der Waals surface area contributed by atoms with Crippen LogP contribution in [-0.4, -0.2) is 39.3 Å². The molecule has 3 rings (SSSR count). The SMILES string of the molecule is Cc1cc(C)n(-c2ccc(C(=O)OCC(=O)NC(=O)NCc3ccco3)cn2)n1. The summed E-state index contributed by atoms with van der Waals surface area (Å²) >= 11 is 0. The quantitative estimate of drug-likeness (QED) is 0.605. The molecule has 0 aliphatic rings. The van der Waals surface area contributed by atoms with Crippen molar-refractivity contribution in [3.8, 4) is 5.82 Å². The summed E-state index contributed by atoms with van der Waals surface area (Å²) in [5.41, 5.74) is 1.93. The van der Waals surface area contributed by atoms with Crippen LogP contribution in [0.2, 0.25) is 0 Å². The van der Waals surface area contributed by atoms with Gasteiger partial charge in [-0.25, -0.2) is 19.3 Å². The highest BCUT2D eigenvalue weighted by atomic mass is 16.5. The molecule has 10 nitrogen and oxygen atoms in total. The van der Waals surface area contributed by atoms with Gasteiger partial charge in [0.05, 0.1) is 24.1 Å². The van der Waals surface area contributed by atoms with Gasteiger partial charge in [0.2, 0.25) is 0 Å². The van der Waals surface area contributed by atoms with Crippen LogP contribution in [0.15, 0.2) is 47.2 Å². The van der Waals surface area contributed by atoms with Gasteiger partial charge in [-0.3, -0.25) is 10.1 Å². The second kappa shape index (κ2) is 8.83. The van der Waals surface area contributed by atoms with Crippen molar-refractivity contribution < 1.29 is 23.5 Å². The van der Waals surface area contributed by atoms with Crippen molar-refractivity contribution in [2.24, 2.45) is 0 Å². The van der Waals surface area contributed by atoms with Crippen molar-refractivity contribution >= 4 is 17.9 Å². The number of carbonyl (C=O) groups is 3. The van der Waals surface area contributed by atoms with E-state index in [0.29, 0.717) is 11.6 Å². The molecule has 0 radical (unpaired) electrons. The summed E-state index contributed by atoms with van der Waals surface area (Å²) in [5, 5.41) is 8.81. The molecule has 0 spiro atoms. The lowest BCUT2D eigenvalue weighted by Crippen LogP contribution is -2.41. The van der Waals surface area contributed by atoms with Crippen molar-refractivity contribution in [1.82, 2.24) is 25.4 Å². The number of urea groups is 1. The smallest absolute Gasteiger partial charge is 0.340 e. The zero-order chi connectivity index (χ0) is 20.8. The predicted octanol–water partition coefficient (Wildman–Crippen LogP) is 1.66. The van der Waals surface area contributed by atoms with Crippen LogP contribution in [0.25, 0.3) is 5.82 Å².